The third-order valence-corrected chi connectivity index (χ3v) is 3.37. The number of carbonyl (C=O) groups excluding carboxylic acids is 2. The Balaban J connectivity index is 2.12. The van der Waals surface area contributed by atoms with Crippen LogP contribution in [0.15, 0.2) is 54.6 Å². The minimum absolute atomic E-state index is 0.298. The van der Waals surface area contributed by atoms with Crippen LogP contribution >= 0.6 is 0 Å². The van der Waals surface area contributed by atoms with Gasteiger partial charge in [-0.05, 0) is 30.2 Å². The van der Waals surface area contributed by atoms with Crippen molar-refractivity contribution in [2.24, 2.45) is 5.73 Å². The fourth-order valence-electron chi connectivity index (χ4n) is 2.11. The quantitative estimate of drug-likeness (QED) is 0.878. The number of hydrogen-bond acceptors (Lipinski definition) is 2. The molecule has 0 bridgehead atoms. The van der Waals surface area contributed by atoms with Gasteiger partial charge < -0.3 is 11.1 Å². The zero-order valence-corrected chi connectivity index (χ0v) is 11.9. The van der Waals surface area contributed by atoms with Crippen LogP contribution in [0.3, 0.4) is 0 Å². The number of hydrogen-bond donors (Lipinski definition) is 2. The molecule has 4 nitrogen and oxygen atoms in total. The first-order chi connectivity index (χ1) is 10.1. The van der Waals surface area contributed by atoms with Crippen LogP contribution in [-0.4, -0.2) is 17.9 Å². The lowest BCUT2D eigenvalue weighted by Gasteiger charge is -2.16. The summed E-state index contributed by atoms with van der Waals surface area (Å²) in [5.74, 6) is -0.837. The van der Waals surface area contributed by atoms with Crippen LogP contribution in [0, 0.1) is 6.92 Å². The van der Waals surface area contributed by atoms with E-state index in [2.05, 4.69) is 5.32 Å². The van der Waals surface area contributed by atoms with Crippen molar-refractivity contribution in [2.45, 2.75) is 19.4 Å². The highest BCUT2D eigenvalue weighted by atomic mass is 16.2. The summed E-state index contributed by atoms with van der Waals surface area (Å²) in [6.07, 6.45) is 0.389. The van der Waals surface area contributed by atoms with Gasteiger partial charge in [0.1, 0.15) is 6.04 Å². The second-order valence-electron chi connectivity index (χ2n) is 4.93. The van der Waals surface area contributed by atoms with Gasteiger partial charge in [-0.2, -0.15) is 0 Å². The molecule has 0 saturated carbocycles. The molecule has 4 heteroatoms. The first kappa shape index (κ1) is 14.8. The topological polar surface area (TPSA) is 72.2 Å². The Morgan fingerprint density at radius 1 is 1.05 bits per heavy atom. The van der Waals surface area contributed by atoms with Crippen LogP contribution in [0.4, 0.5) is 0 Å². The average molecular weight is 282 g/mol. The smallest absolute Gasteiger partial charge is 0.251 e. The van der Waals surface area contributed by atoms with Crippen LogP contribution in [0.2, 0.25) is 0 Å². The molecule has 2 aromatic carbocycles. The van der Waals surface area contributed by atoms with Gasteiger partial charge in [-0.3, -0.25) is 9.59 Å². The van der Waals surface area contributed by atoms with Gasteiger partial charge in [-0.15, -0.1) is 0 Å². The highest BCUT2D eigenvalue weighted by Crippen LogP contribution is 2.10. The molecular weight excluding hydrogens is 264 g/mol. The Kier molecular flexibility index (Phi) is 4.72. The molecule has 1 atom stereocenters. The minimum Gasteiger partial charge on any atom is -0.368 e. The van der Waals surface area contributed by atoms with E-state index in [1.165, 1.54) is 0 Å². The predicted octanol–water partition coefficient (Wildman–Crippen LogP) is 1.82. The Hall–Kier alpha value is -2.62. The number of primary amides is 1. The van der Waals surface area contributed by atoms with Gasteiger partial charge in [0.05, 0.1) is 0 Å². The normalized spacial score (nSPS) is 11.7. The standard InChI is InChI=1S/C17H18N2O2/c1-12-7-5-6-10-14(12)11-15(16(18)20)19-17(21)13-8-3-2-4-9-13/h2-10,15H,11H2,1H3,(H2,18,20)(H,19,21)/t15-/m1/s1. The van der Waals surface area contributed by atoms with Gasteiger partial charge in [0.15, 0.2) is 0 Å². The molecule has 108 valence electrons. The molecule has 0 aliphatic carbocycles. The van der Waals surface area contributed by atoms with Crippen LogP contribution in [0.5, 0.6) is 0 Å². The molecule has 0 unspecified atom stereocenters. The van der Waals surface area contributed by atoms with E-state index in [0.29, 0.717) is 12.0 Å². The summed E-state index contributed by atoms with van der Waals surface area (Å²) >= 11 is 0. The van der Waals surface area contributed by atoms with Crippen molar-refractivity contribution >= 4 is 11.8 Å². The first-order valence-corrected chi connectivity index (χ1v) is 6.77. The molecule has 0 radical (unpaired) electrons. The molecule has 2 aromatic rings. The molecule has 0 aliphatic heterocycles. The lowest BCUT2D eigenvalue weighted by molar-refractivity contribution is -0.119. The van der Waals surface area contributed by atoms with Crippen molar-refractivity contribution in [1.82, 2.24) is 5.32 Å². The number of nitrogens with one attached hydrogen (secondary N) is 1. The number of rotatable bonds is 5. The lowest BCUT2D eigenvalue weighted by Crippen LogP contribution is -2.45. The van der Waals surface area contributed by atoms with Crippen molar-refractivity contribution in [1.29, 1.82) is 0 Å². The monoisotopic (exact) mass is 282 g/mol. The van der Waals surface area contributed by atoms with Crippen molar-refractivity contribution in [3.8, 4) is 0 Å². The summed E-state index contributed by atoms with van der Waals surface area (Å²) in [7, 11) is 0. The number of amides is 2. The summed E-state index contributed by atoms with van der Waals surface area (Å²) in [5, 5.41) is 2.69. The van der Waals surface area contributed by atoms with Crippen LogP contribution in [0.1, 0.15) is 21.5 Å². The van der Waals surface area contributed by atoms with Crippen LogP contribution in [-0.2, 0) is 11.2 Å². The van der Waals surface area contributed by atoms with Crippen molar-refractivity contribution < 1.29 is 9.59 Å². The summed E-state index contributed by atoms with van der Waals surface area (Å²) in [6.45, 7) is 1.96. The third kappa shape index (κ3) is 3.92. The van der Waals surface area contributed by atoms with E-state index in [1.54, 1.807) is 24.3 Å². The molecule has 0 fully saturated rings. The van der Waals surface area contributed by atoms with Gasteiger partial charge in [0.2, 0.25) is 5.91 Å². The molecule has 0 saturated heterocycles. The number of nitrogens with two attached hydrogens (primary N) is 1. The first-order valence-electron chi connectivity index (χ1n) is 6.77. The van der Waals surface area contributed by atoms with Gasteiger partial charge in [0.25, 0.3) is 5.91 Å². The summed E-state index contributed by atoms with van der Waals surface area (Å²) in [4.78, 5) is 23.7. The van der Waals surface area contributed by atoms with Crippen LogP contribution < -0.4 is 11.1 Å². The molecule has 0 heterocycles. The summed E-state index contributed by atoms with van der Waals surface area (Å²) in [5.41, 5.74) is 7.98. The second kappa shape index (κ2) is 6.70. The van der Waals surface area contributed by atoms with E-state index in [0.717, 1.165) is 11.1 Å². The SMILES string of the molecule is Cc1ccccc1C[C@@H](NC(=O)c1ccccc1)C(N)=O. The van der Waals surface area contributed by atoms with Gasteiger partial charge in [0, 0.05) is 12.0 Å². The fraction of sp³-hybridized carbons (Fsp3) is 0.176. The van der Waals surface area contributed by atoms with Gasteiger partial charge in [-0.25, -0.2) is 0 Å². The van der Waals surface area contributed by atoms with E-state index in [4.69, 9.17) is 5.73 Å². The molecule has 2 amide bonds. The molecular formula is C17H18N2O2. The minimum atomic E-state index is -0.723. The highest BCUT2D eigenvalue weighted by molar-refractivity contribution is 5.97. The zero-order chi connectivity index (χ0) is 15.2. The molecule has 21 heavy (non-hydrogen) atoms. The van der Waals surface area contributed by atoms with Gasteiger partial charge >= 0.3 is 0 Å². The molecule has 0 aromatic heterocycles. The summed E-state index contributed by atoms with van der Waals surface area (Å²) in [6, 6.07) is 15.8. The maximum absolute atomic E-state index is 12.1. The zero-order valence-electron chi connectivity index (χ0n) is 11.9. The average Bonchev–Trinajstić information content (AvgIpc) is 2.49. The fourth-order valence-corrected chi connectivity index (χ4v) is 2.11. The predicted molar refractivity (Wildman–Crippen MR) is 81.8 cm³/mol. The van der Waals surface area contributed by atoms with E-state index in [9.17, 15) is 9.59 Å². The van der Waals surface area contributed by atoms with E-state index in [-0.39, 0.29) is 5.91 Å². The molecule has 3 N–H and O–H groups in total. The maximum atomic E-state index is 12.1. The van der Waals surface area contributed by atoms with Gasteiger partial charge in [-0.1, -0.05) is 42.5 Å². The van der Waals surface area contributed by atoms with E-state index < -0.39 is 11.9 Å². The van der Waals surface area contributed by atoms with Crippen molar-refractivity contribution in [3.63, 3.8) is 0 Å². The summed E-state index contributed by atoms with van der Waals surface area (Å²) < 4.78 is 0. The largest absolute Gasteiger partial charge is 0.368 e. The second-order valence-corrected chi connectivity index (χ2v) is 4.93. The Labute approximate surface area is 124 Å². The maximum Gasteiger partial charge on any atom is 0.251 e. The van der Waals surface area contributed by atoms with Crippen molar-refractivity contribution in [2.75, 3.05) is 0 Å². The Morgan fingerprint density at radius 3 is 2.29 bits per heavy atom. The lowest BCUT2D eigenvalue weighted by atomic mass is 10.0. The number of benzene rings is 2. The third-order valence-electron chi connectivity index (χ3n) is 3.37. The van der Waals surface area contributed by atoms with Crippen molar-refractivity contribution in [3.05, 3.63) is 71.3 Å². The molecule has 0 aliphatic rings. The van der Waals surface area contributed by atoms with Crippen LogP contribution in [0.25, 0.3) is 0 Å². The Morgan fingerprint density at radius 2 is 1.67 bits per heavy atom. The number of carbonyl (C=O) groups is 2. The van der Waals surface area contributed by atoms with E-state index >= 15 is 0 Å². The Bertz CT molecular complexity index is 638. The number of aryl methyl sites for hydroxylation is 1. The molecule has 0 spiro atoms. The van der Waals surface area contributed by atoms with E-state index in [1.807, 2.05) is 37.3 Å². The molecule has 2 rings (SSSR count). The highest BCUT2D eigenvalue weighted by Gasteiger charge is 2.19.